The molecule has 1 unspecified atom stereocenters. The number of carbonyl (C=O) groups is 2. The van der Waals surface area contributed by atoms with Crippen LogP contribution in [-0.4, -0.2) is 24.1 Å². The highest BCUT2D eigenvalue weighted by Gasteiger charge is 2.30. The van der Waals surface area contributed by atoms with Crippen LogP contribution in [0.25, 0.3) is 0 Å². The third-order valence-electron chi connectivity index (χ3n) is 4.46. The van der Waals surface area contributed by atoms with Gasteiger partial charge in [-0.1, -0.05) is 78.9 Å². The van der Waals surface area contributed by atoms with E-state index in [1.165, 1.54) is 0 Å². The summed E-state index contributed by atoms with van der Waals surface area (Å²) in [5, 5.41) is 0. The van der Waals surface area contributed by atoms with E-state index in [-0.39, 0.29) is 18.8 Å². The molecule has 0 aliphatic carbocycles. The predicted molar refractivity (Wildman–Crippen MR) is 115 cm³/mol. The Balaban J connectivity index is 2.04. The molecule has 3 aromatic rings. The number of carbonyl (C=O) groups excluding carboxylic acids is 2. The molecule has 4 nitrogen and oxygen atoms in total. The highest BCUT2D eigenvalue weighted by Crippen LogP contribution is 2.23. The molecule has 0 aromatic heterocycles. The van der Waals surface area contributed by atoms with E-state index in [2.05, 4.69) is 0 Å². The summed E-state index contributed by atoms with van der Waals surface area (Å²) in [4.78, 5) is 30.5. The summed E-state index contributed by atoms with van der Waals surface area (Å²) in [6.07, 6.45) is -0.0105. The minimum absolute atomic E-state index is 0.0105. The minimum Gasteiger partial charge on any atom is -0.465 e. The second-order valence-electron chi connectivity index (χ2n) is 6.50. The molecule has 0 radical (unpaired) electrons. The van der Waals surface area contributed by atoms with Gasteiger partial charge < -0.3 is 4.74 Å². The molecule has 0 aliphatic heterocycles. The Morgan fingerprint density at radius 2 is 1.31 bits per heavy atom. The summed E-state index contributed by atoms with van der Waals surface area (Å²) in [6, 6.07) is 27.8. The van der Waals surface area contributed by atoms with Crippen molar-refractivity contribution < 1.29 is 14.3 Å². The van der Waals surface area contributed by atoms with E-state index in [9.17, 15) is 9.59 Å². The molecule has 0 spiro atoms. The molecule has 0 saturated carbocycles. The molecule has 0 amide bonds. The number of Topliss-reactive ketones (excluding diaryl/α,β-unsaturated/α-hetero) is 1. The first-order valence-electron chi connectivity index (χ1n) is 9.63. The van der Waals surface area contributed by atoms with Crippen LogP contribution in [0, 0.1) is 5.92 Å². The standard InChI is InChI=1S/C25H23NO3/c1-2-29-25(28)22(18-23(27)19-12-6-3-7-13-19)24(20-14-8-4-9-15-20)26-21-16-10-5-11-17-21/h3-17,22H,2,18H2,1H3/b26-24+. The molecule has 0 aliphatic rings. The average Bonchev–Trinajstić information content (AvgIpc) is 2.78. The number of hydrogen-bond donors (Lipinski definition) is 0. The summed E-state index contributed by atoms with van der Waals surface area (Å²) in [5.74, 6) is -1.37. The minimum atomic E-state index is -0.801. The highest BCUT2D eigenvalue weighted by molar-refractivity contribution is 6.15. The van der Waals surface area contributed by atoms with Crippen molar-refractivity contribution in [1.82, 2.24) is 0 Å². The van der Waals surface area contributed by atoms with Crippen LogP contribution < -0.4 is 0 Å². The van der Waals surface area contributed by atoms with Crippen LogP contribution in [0.4, 0.5) is 5.69 Å². The number of hydrogen-bond acceptors (Lipinski definition) is 4. The van der Waals surface area contributed by atoms with E-state index >= 15 is 0 Å². The molecule has 3 aromatic carbocycles. The largest absolute Gasteiger partial charge is 0.465 e. The number of esters is 1. The lowest BCUT2D eigenvalue weighted by atomic mass is 9.90. The maximum Gasteiger partial charge on any atom is 0.315 e. The van der Waals surface area contributed by atoms with Gasteiger partial charge in [-0.05, 0) is 24.6 Å². The van der Waals surface area contributed by atoms with Gasteiger partial charge in [0.25, 0.3) is 0 Å². The molecular weight excluding hydrogens is 362 g/mol. The van der Waals surface area contributed by atoms with Crippen LogP contribution in [0.2, 0.25) is 0 Å². The Labute approximate surface area is 170 Å². The van der Waals surface area contributed by atoms with Crippen molar-refractivity contribution in [2.24, 2.45) is 10.9 Å². The predicted octanol–water partition coefficient (Wildman–Crippen LogP) is 5.26. The number of ether oxygens (including phenoxy) is 1. The first-order valence-corrected chi connectivity index (χ1v) is 9.63. The van der Waals surface area contributed by atoms with Crippen LogP contribution in [-0.2, 0) is 9.53 Å². The molecule has 3 rings (SSSR count). The molecule has 29 heavy (non-hydrogen) atoms. The number of aliphatic imine (C=N–C) groups is 1. The van der Waals surface area contributed by atoms with Gasteiger partial charge in [0.15, 0.2) is 5.78 Å². The molecule has 1 atom stereocenters. The number of ketones is 1. The molecule has 0 heterocycles. The van der Waals surface area contributed by atoms with Gasteiger partial charge in [0.2, 0.25) is 0 Å². The fraction of sp³-hybridized carbons (Fsp3) is 0.160. The molecule has 0 saturated heterocycles. The van der Waals surface area contributed by atoms with Crippen molar-refractivity contribution in [2.75, 3.05) is 6.61 Å². The van der Waals surface area contributed by atoms with Crippen LogP contribution in [0.1, 0.15) is 29.3 Å². The zero-order valence-electron chi connectivity index (χ0n) is 16.3. The Morgan fingerprint density at radius 1 is 0.793 bits per heavy atom. The van der Waals surface area contributed by atoms with Crippen molar-refractivity contribution in [3.8, 4) is 0 Å². The van der Waals surface area contributed by atoms with E-state index in [1.807, 2.05) is 78.9 Å². The summed E-state index contributed by atoms with van der Waals surface area (Å²) in [6.45, 7) is 1.99. The zero-order chi connectivity index (χ0) is 20.5. The van der Waals surface area contributed by atoms with E-state index in [0.717, 1.165) is 5.56 Å². The van der Waals surface area contributed by atoms with E-state index in [1.54, 1.807) is 19.1 Å². The van der Waals surface area contributed by atoms with E-state index < -0.39 is 11.9 Å². The number of benzene rings is 3. The van der Waals surface area contributed by atoms with Crippen molar-refractivity contribution in [1.29, 1.82) is 0 Å². The van der Waals surface area contributed by atoms with E-state index in [4.69, 9.17) is 9.73 Å². The van der Waals surface area contributed by atoms with Crippen LogP contribution >= 0.6 is 0 Å². The van der Waals surface area contributed by atoms with Gasteiger partial charge in [-0.3, -0.25) is 14.6 Å². The smallest absolute Gasteiger partial charge is 0.315 e. The number of nitrogens with zero attached hydrogens (tertiary/aromatic N) is 1. The first-order chi connectivity index (χ1) is 14.2. The second-order valence-corrected chi connectivity index (χ2v) is 6.50. The first kappa shape index (κ1) is 20.2. The molecule has 0 bridgehead atoms. The van der Waals surface area contributed by atoms with Gasteiger partial charge in [0.05, 0.1) is 18.0 Å². The lowest BCUT2D eigenvalue weighted by Gasteiger charge is -2.18. The van der Waals surface area contributed by atoms with Gasteiger partial charge in [0.1, 0.15) is 5.92 Å². The quantitative estimate of drug-likeness (QED) is 0.302. The zero-order valence-corrected chi connectivity index (χ0v) is 16.3. The maximum absolute atomic E-state index is 12.9. The van der Waals surface area contributed by atoms with Gasteiger partial charge in [0, 0.05) is 12.0 Å². The Kier molecular flexibility index (Phi) is 7.06. The highest BCUT2D eigenvalue weighted by atomic mass is 16.5. The van der Waals surface area contributed by atoms with Crippen LogP contribution in [0.5, 0.6) is 0 Å². The third kappa shape index (κ3) is 5.48. The summed E-state index contributed by atoms with van der Waals surface area (Å²) in [5.41, 5.74) is 2.59. The van der Waals surface area contributed by atoms with Crippen molar-refractivity contribution in [2.45, 2.75) is 13.3 Å². The summed E-state index contributed by atoms with van der Waals surface area (Å²) >= 11 is 0. The fourth-order valence-corrected chi connectivity index (χ4v) is 3.06. The normalized spacial score (nSPS) is 12.2. The lowest BCUT2D eigenvalue weighted by Crippen LogP contribution is -2.29. The molecular formula is C25H23NO3. The maximum atomic E-state index is 12.9. The fourth-order valence-electron chi connectivity index (χ4n) is 3.06. The van der Waals surface area contributed by atoms with Gasteiger partial charge in [-0.2, -0.15) is 0 Å². The molecule has 146 valence electrons. The third-order valence-corrected chi connectivity index (χ3v) is 4.46. The molecule has 0 N–H and O–H groups in total. The van der Waals surface area contributed by atoms with Crippen LogP contribution in [0.15, 0.2) is 96.0 Å². The van der Waals surface area contributed by atoms with E-state index in [0.29, 0.717) is 17.0 Å². The lowest BCUT2D eigenvalue weighted by molar-refractivity contribution is -0.145. The van der Waals surface area contributed by atoms with Crippen LogP contribution in [0.3, 0.4) is 0 Å². The SMILES string of the molecule is CCOC(=O)C(CC(=O)c1ccccc1)/C(=N/c1ccccc1)c1ccccc1. The molecule has 4 heteroatoms. The summed E-state index contributed by atoms with van der Waals surface area (Å²) < 4.78 is 5.31. The number of para-hydroxylation sites is 1. The van der Waals surface area contributed by atoms with Crippen molar-refractivity contribution in [3.05, 3.63) is 102 Å². The van der Waals surface area contributed by atoms with Gasteiger partial charge in [-0.15, -0.1) is 0 Å². The average molecular weight is 385 g/mol. The summed E-state index contributed by atoms with van der Waals surface area (Å²) in [7, 11) is 0. The topological polar surface area (TPSA) is 55.7 Å². The number of rotatable bonds is 8. The Bertz CT molecular complexity index is 967. The Hall–Kier alpha value is -3.53. The van der Waals surface area contributed by atoms with Crippen molar-refractivity contribution in [3.63, 3.8) is 0 Å². The monoisotopic (exact) mass is 385 g/mol. The van der Waals surface area contributed by atoms with Gasteiger partial charge in [-0.25, -0.2) is 0 Å². The second kappa shape index (κ2) is 10.1. The van der Waals surface area contributed by atoms with Crippen molar-refractivity contribution >= 4 is 23.2 Å². The molecule has 0 fully saturated rings. The van der Waals surface area contributed by atoms with Gasteiger partial charge >= 0.3 is 5.97 Å². The Morgan fingerprint density at radius 3 is 1.86 bits per heavy atom.